The van der Waals surface area contributed by atoms with Gasteiger partial charge in [-0.15, -0.1) is 0 Å². The molecule has 0 aliphatic heterocycles. The zero-order valence-electron chi connectivity index (χ0n) is 12.3. The number of aryl methyl sites for hydroxylation is 2. The van der Waals surface area contributed by atoms with Gasteiger partial charge in [0.2, 0.25) is 0 Å². The van der Waals surface area contributed by atoms with Gasteiger partial charge in [0, 0.05) is 22.4 Å². The fourth-order valence-corrected chi connectivity index (χ4v) is 1.90. The van der Waals surface area contributed by atoms with Crippen LogP contribution in [0.3, 0.4) is 0 Å². The first-order valence-electron chi connectivity index (χ1n) is 6.50. The average Bonchev–Trinajstić information content (AvgIpc) is 2.31. The lowest BCUT2D eigenvalue weighted by Gasteiger charge is -2.19. The molecule has 2 rings (SSSR count). The quantitative estimate of drug-likeness (QED) is 0.791. The number of nitrogens with two attached hydrogens (primary N) is 1. The van der Waals surface area contributed by atoms with Crippen LogP contribution in [0.5, 0.6) is 0 Å². The Morgan fingerprint density at radius 3 is 2.26 bits per heavy atom. The van der Waals surface area contributed by atoms with Crippen molar-refractivity contribution in [2.24, 2.45) is 0 Å². The molecule has 1 aromatic heterocycles. The molecule has 0 unspecified atom stereocenters. The van der Waals surface area contributed by atoms with Gasteiger partial charge in [0.05, 0.1) is 5.69 Å². The van der Waals surface area contributed by atoms with E-state index in [2.05, 4.69) is 25.8 Å². The molecule has 19 heavy (non-hydrogen) atoms. The summed E-state index contributed by atoms with van der Waals surface area (Å²) in [6, 6.07) is 7.97. The monoisotopic (exact) mass is 255 g/mol. The second-order valence-corrected chi connectivity index (χ2v) is 6.04. The first-order valence-corrected chi connectivity index (χ1v) is 6.50. The Bertz CT molecular complexity index is 610. The number of nitrogens with zero attached hydrogens (tertiary/aromatic N) is 2. The smallest absolute Gasteiger partial charge is 0.159 e. The van der Waals surface area contributed by atoms with E-state index in [0.717, 1.165) is 34.0 Å². The summed E-state index contributed by atoms with van der Waals surface area (Å²) in [6.07, 6.45) is 0. The van der Waals surface area contributed by atoms with E-state index in [1.165, 1.54) is 0 Å². The molecule has 0 atom stereocenters. The molecule has 0 spiro atoms. The summed E-state index contributed by atoms with van der Waals surface area (Å²) in [5.41, 5.74) is 10.8. The van der Waals surface area contributed by atoms with E-state index in [1.54, 1.807) is 0 Å². The van der Waals surface area contributed by atoms with E-state index in [-0.39, 0.29) is 5.41 Å². The standard InChI is InChI=1S/C16H21N3/c1-10-8-12(6-7-13(10)17)15-18-11(2)9-14(19-15)16(3,4)5/h6-9H,17H2,1-5H3. The van der Waals surface area contributed by atoms with Crippen molar-refractivity contribution in [1.82, 2.24) is 9.97 Å². The van der Waals surface area contributed by atoms with Crippen molar-refractivity contribution in [2.45, 2.75) is 40.0 Å². The van der Waals surface area contributed by atoms with Crippen LogP contribution in [-0.4, -0.2) is 9.97 Å². The molecular weight excluding hydrogens is 234 g/mol. The first kappa shape index (κ1) is 13.5. The van der Waals surface area contributed by atoms with Gasteiger partial charge in [0.1, 0.15) is 0 Å². The number of anilines is 1. The normalized spacial score (nSPS) is 11.6. The molecule has 0 saturated heterocycles. The van der Waals surface area contributed by atoms with E-state index >= 15 is 0 Å². The number of hydrogen-bond donors (Lipinski definition) is 1. The summed E-state index contributed by atoms with van der Waals surface area (Å²) >= 11 is 0. The van der Waals surface area contributed by atoms with Crippen molar-refractivity contribution >= 4 is 5.69 Å². The molecule has 0 aliphatic carbocycles. The van der Waals surface area contributed by atoms with Crippen LogP contribution in [0.2, 0.25) is 0 Å². The third-order valence-corrected chi connectivity index (χ3v) is 3.15. The van der Waals surface area contributed by atoms with Crippen LogP contribution in [0.1, 0.15) is 37.7 Å². The highest BCUT2D eigenvalue weighted by Gasteiger charge is 2.17. The van der Waals surface area contributed by atoms with Crippen LogP contribution in [0.25, 0.3) is 11.4 Å². The molecule has 100 valence electrons. The van der Waals surface area contributed by atoms with Crippen molar-refractivity contribution in [3.8, 4) is 11.4 Å². The van der Waals surface area contributed by atoms with Crippen LogP contribution >= 0.6 is 0 Å². The predicted molar refractivity (Wildman–Crippen MR) is 80.1 cm³/mol. The molecule has 0 aliphatic rings. The largest absolute Gasteiger partial charge is 0.399 e. The Balaban J connectivity index is 2.56. The molecule has 0 amide bonds. The molecule has 3 nitrogen and oxygen atoms in total. The van der Waals surface area contributed by atoms with Gasteiger partial charge in [-0.1, -0.05) is 20.8 Å². The van der Waals surface area contributed by atoms with Crippen LogP contribution < -0.4 is 5.73 Å². The van der Waals surface area contributed by atoms with E-state index in [9.17, 15) is 0 Å². The number of rotatable bonds is 1. The minimum atomic E-state index is 0.0191. The number of benzene rings is 1. The summed E-state index contributed by atoms with van der Waals surface area (Å²) in [7, 11) is 0. The summed E-state index contributed by atoms with van der Waals surface area (Å²) in [5, 5.41) is 0. The lowest BCUT2D eigenvalue weighted by Crippen LogP contribution is -2.15. The number of aromatic nitrogens is 2. The molecule has 0 bridgehead atoms. The molecule has 0 saturated carbocycles. The molecule has 2 N–H and O–H groups in total. The molecule has 1 aromatic carbocycles. The topological polar surface area (TPSA) is 51.8 Å². The van der Waals surface area contributed by atoms with Gasteiger partial charge >= 0.3 is 0 Å². The second kappa shape index (κ2) is 4.65. The highest BCUT2D eigenvalue weighted by Crippen LogP contribution is 2.25. The maximum Gasteiger partial charge on any atom is 0.159 e. The Kier molecular flexibility index (Phi) is 3.31. The minimum absolute atomic E-state index is 0.0191. The van der Waals surface area contributed by atoms with Crippen LogP contribution in [0, 0.1) is 13.8 Å². The zero-order chi connectivity index (χ0) is 14.2. The average molecular weight is 255 g/mol. The summed E-state index contributed by atoms with van der Waals surface area (Å²) in [4.78, 5) is 9.23. The molecular formula is C16H21N3. The maximum atomic E-state index is 5.86. The maximum absolute atomic E-state index is 5.86. The zero-order valence-corrected chi connectivity index (χ0v) is 12.3. The lowest BCUT2D eigenvalue weighted by molar-refractivity contribution is 0.567. The fraction of sp³-hybridized carbons (Fsp3) is 0.375. The third-order valence-electron chi connectivity index (χ3n) is 3.15. The summed E-state index contributed by atoms with van der Waals surface area (Å²) in [5.74, 6) is 0.771. The van der Waals surface area contributed by atoms with E-state index in [1.807, 2.05) is 38.1 Å². The highest BCUT2D eigenvalue weighted by atomic mass is 14.9. The fourth-order valence-electron chi connectivity index (χ4n) is 1.90. The summed E-state index contributed by atoms with van der Waals surface area (Å²) in [6.45, 7) is 10.5. The second-order valence-electron chi connectivity index (χ2n) is 6.04. The van der Waals surface area contributed by atoms with Gasteiger partial charge in [0.15, 0.2) is 5.82 Å². The number of hydrogen-bond acceptors (Lipinski definition) is 3. The van der Waals surface area contributed by atoms with Gasteiger partial charge in [-0.25, -0.2) is 9.97 Å². The van der Waals surface area contributed by atoms with Crippen molar-refractivity contribution in [3.63, 3.8) is 0 Å². The van der Waals surface area contributed by atoms with Crippen molar-refractivity contribution in [1.29, 1.82) is 0 Å². The number of nitrogen functional groups attached to an aromatic ring is 1. The third kappa shape index (κ3) is 2.92. The van der Waals surface area contributed by atoms with E-state index < -0.39 is 0 Å². The molecule has 3 heteroatoms. The lowest BCUT2D eigenvalue weighted by atomic mass is 9.91. The Morgan fingerprint density at radius 2 is 1.68 bits per heavy atom. The van der Waals surface area contributed by atoms with Crippen LogP contribution in [0.4, 0.5) is 5.69 Å². The molecule has 2 aromatic rings. The van der Waals surface area contributed by atoms with Crippen LogP contribution in [-0.2, 0) is 5.41 Å². The van der Waals surface area contributed by atoms with Crippen molar-refractivity contribution in [2.75, 3.05) is 5.73 Å². The Labute approximate surface area is 114 Å². The van der Waals surface area contributed by atoms with Gasteiger partial charge in [-0.2, -0.15) is 0 Å². The van der Waals surface area contributed by atoms with E-state index in [4.69, 9.17) is 10.7 Å². The van der Waals surface area contributed by atoms with Gasteiger partial charge < -0.3 is 5.73 Å². The van der Waals surface area contributed by atoms with Gasteiger partial charge in [-0.05, 0) is 43.7 Å². The predicted octanol–water partition coefficient (Wildman–Crippen LogP) is 3.64. The molecule has 1 heterocycles. The van der Waals surface area contributed by atoms with Gasteiger partial charge in [-0.3, -0.25) is 0 Å². The van der Waals surface area contributed by atoms with Crippen LogP contribution in [0.15, 0.2) is 24.3 Å². The Hall–Kier alpha value is -1.90. The summed E-state index contributed by atoms with van der Waals surface area (Å²) < 4.78 is 0. The van der Waals surface area contributed by atoms with Gasteiger partial charge in [0.25, 0.3) is 0 Å². The van der Waals surface area contributed by atoms with E-state index in [0.29, 0.717) is 0 Å². The molecule has 0 fully saturated rings. The SMILES string of the molecule is Cc1cc(C(C)(C)C)nc(-c2ccc(N)c(C)c2)n1. The Morgan fingerprint density at radius 1 is 1.00 bits per heavy atom. The minimum Gasteiger partial charge on any atom is -0.399 e. The first-order chi connectivity index (χ1) is 8.77. The van der Waals surface area contributed by atoms with Crippen molar-refractivity contribution in [3.05, 3.63) is 41.2 Å². The molecule has 0 radical (unpaired) electrons. The van der Waals surface area contributed by atoms with Crippen molar-refractivity contribution < 1.29 is 0 Å². The highest BCUT2D eigenvalue weighted by molar-refractivity contribution is 5.62.